The first-order valence-electron chi connectivity index (χ1n) is 7.56. The molecule has 0 unspecified atom stereocenters. The average molecular weight is 390 g/mol. The number of hydrogen-bond acceptors (Lipinski definition) is 4. The third kappa shape index (κ3) is 4.47. The zero-order valence-electron chi connectivity index (χ0n) is 13.7. The molecular formula is C18H15FN2O3S2. The minimum atomic E-state index is -3.35. The van der Waals surface area contributed by atoms with E-state index in [0.29, 0.717) is 26.7 Å². The summed E-state index contributed by atoms with van der Waals surface area (Å²) < 4.78 is 38.6. The van der Waals surface area contributed by atoms with E-state index in [1.165, 1.54) is 17.4 Å². The highest BCUT2D eigenvalue weighted by molar-refractivity contribution is 7.92. The molecule has 5 nitrogen and oxygen atoms in total. The van der Waals surface area contributed by atoms with E-state index in [-0.39, 0.29) is 11.7 Å². The van der Waals surface area contributed by atoms with Crippen LogP contribution in [0.3, 0.4) is 0 Å². The van der Waals surface area contributed by atoms with Gasteiger partial charge in [0.1, 0.15) is 5.82 Å². The van der Waals surface area contributed by atoms with Crippen molar-refractivity contribution < 1.29 is 17.6 Å². The molecule has 1 amide bonds. The molecule has 0 saturated carbocycles. The molecule has 0 fully saturated rings. The Morgan fingerprint density at radius 2 is 1.62 bits per heavy atom. The number of carbonyl (C=O) groups is 1. The summed E-state index contributed by atoms with van der Waals surface area (Å²) in [5.74, 6) is -0.656. The van der Waals surface area contributed by atoms with Crippen LogP contribution in [0.15, 0.2) is 60.7 Å². The Morgan fingerprint density at radius 1 is 0.962 bits per heavy atom. The maximum Gasteiger partial charge on any atom is 0.265 e. The maximum absolute atomic E-state index is 13.8. The van der Waals surface area contributed by atoms with Crippen LogP contribution in [0.5, 0.6) is 0 Å². The molecule has 2 N–H and O–H groups in total. The first kappa shape index (κ1) is 18.1. The number of nitrogens with one attached hydrogen (secondary N) is 2. The normalized spacial score (nSPS) is 11.2. The minimum Gasteiger partial charge on any atom is -0.321 e. The van der Waals surface area contributed by atoms with E-state index in [1.807, 2.05) is 0 Å². The number of sulfonamides is 1. The third-order valence-corrected chi connectivity index (χ3v) is 5.14. The van der Waals surface area contributed by atoms with Gasteiger partial charge in [-0.05, 0) is 42.5 Å². The molecule has 0 aliphatic carbocycles. The molecule has 8 heteroatoms. The Hall–Kier alpha value is -2.71. The van der Waals surface area contributed by atoms with Crippen molar-refractivity contribution in [2.45, 2.75) is 0 Å². The third-order valence-electron chi connectivity index (χ3n) is 3.42. The van der Waals surface area contributed by atoms with E-state index < -0.39 is 10.0 Å². The second-order valence-corrected chi connectivity index (χ2v) is 8.38. The van der Waals surface area contributed by atoms with Crippen molar-refractivity contribution in [2.75, 3.05) is 16.3 Å². The van der Waals surface area contributed by atoms with Gasteiger partial charge in [0.2, 0.25) is 10.0 Å². The Labute approximate surface area is 154 Å². The molecule has 1 aromatic heterocycles. The molecule has 2 aromatic carbocycles. The number of halogens is 1. The summed E-state index contributed by atoms with van der Waals surface area (Å²) in [7, 11) is -3.35. The van der Waals surface area contributed by atoms with Crippen LogP contribution in [-0.2, 0) is 10.0 Å². The number of amides is 1. The number of thiophene rings is 1. The first-order valence-corrected chi connectivity index (χ1v) is 10.3. The van der Waals surface area contributed by atoms with Crippen LogP contribution in [0.1, 0.15) is 9.67 Å². The Bertz CT molecular complexity index is 1040. The summed E-state index contributed by atoms with van der Waals surface area (Å²) in [5, 5.41) is 2.73. The van der Waals surface area contributed by atoms with Crippen molar-refractivity contribution in [1.29, 1.82) is 0 Å². The number of carbonyl (C=O) groups excluding carboxylic acids is 1. The molecule has 3 aromatic rings. The molecule has 3 rings (SSSR count). The van der Waals surface area contributed by atoms with E-state index in [9.17, 15) is 17.6 Å². The molecule has 134 valence electrons. The lowest BCUT2D eigenvalue weighted by Gasteiger charge is -2.06. The van der Waals surface area contributed by atoms with Gasteiger partial charge in [0.15, 0.2) is 0 Å². The number of rotatable bonds is 5. The minimum absolute atomic E-state index is 0.318. The fraction of sp³-hybridized carbons (Fsp3) is 0.0556. The number of benzene rings is 2. The predicted molar refractivity (Wildman–Crippen MR) is 103 cm³/mol. The molecule has 0 aliphatic heterocycles. The first-order chi connectivity index (χ1) is 12.3. The lowest BCUT2D eigenvalue weighted by molar-refractivity contribution is 0.103. The largest absolute Gasteiger partial charge is 0.321 e. The van der Waals surface area contributed by atoms with Crippen LogP contribution in [0.25, 0.3) is 10.4 Å². The van der Waals surface area contributed by atoms with E-state index in [4.69, 9.17) is 0 Å². The zero-order chi connectivity index (χ0) is 18.7. The van der Waals surface area contributed by atoms with Crippen molar-refractivity contribution in [3.8, 4) is 10.4 Å². The monoisotopic (exact) mass is 390 g/mol. The van der Waals surface area contributed by atoms with E-state index in [1.54, 1.807) is 54.6 Å². The Balaban J connectivity index is 1.72. The summed E-state index contributed by atoms with van der Waals surface area (Å²) >= 11 is 1.19. The molecule has 0 aliphatic rings. The molecule has 26 heavy (non-hydrogen) atoms. The molecule has 0 atom stereocenters. The number of anilines is 2. The highest BCUT2D eigenvalue weighted by Crippen LogP contribution is 2.30. The standard InChI is InChI=1S/C18H15FN2O3S2/c1-26(23,24)21-13-8-6-12(7-9-13)20-18(22)17-11-10-16(25-17)14-4-2-3-5-15(14)19/h2-11,21H,1H3,(H,20,22). The smallest absolute Gasteiger partial charge is 0.265 e. The quantitative estimate of drug-likeness (QED) is 0.686. The van der Waals surface area contributed by atoms with Gasteiger partial charge < -0.3 is 5.32 Å². The van der Waals surface area contributed by atoms with Gasteiger partial charge in [-0.3, -0.25) is 9.52 Å². The molecule has 0 saturated heterocycles. The SMILES string of the molecule is CS(=O)(=O)Nc1ccc(NC(=O)c2ccc(-c3ccccc3F)s2)cc1. The lowest BCUT2D eigenvalue weighted by Crippen LogP contribution is -2.11. The lowest BCUT2D eigenvalue weighted by atomic mass is 10.2. The summed E-state index contributed by atoms with van der Waals surface area (Å²) in [6, 6.07) is 16.0. The molecule has 0 radical (unpaired) electrons. The van der Waals surface area contributed by atoms with Gasteiger partial charge in [0.05, 0.1) is 11.1 Å². The Morgan fingerprint density at radius 3 is 2.27 bits per heavy atom. The highest BCUT2D eigenvalue weighted by atomic mass is 32.2. The van der Waals surface area contributed by atoms with Gasteiger partial charge in [-0.15, -0.1) is 11.3 Å². The second-order valence-electron chi connectivity index (χ2n) is 5.55. The van der Waals surface area contributed by atoms with Gasteiger partial charge in [0.25, 0.3) is 5.91 Å². The van der Waals surface area contributed by atoms with Crippen molar-refractivity contribution in [3.63, 3.8) is 0 Å². The molecule has 0 bridgehead atoms. The summed E-state index contributed by atoms with van der Waals surface area (Å²) in [5.41, 5.74) is 1.38. The van der Waals surface area contributed by atoms with Crippen molar-refractivity contribution in [1.82, 2.24) is 0 Å². The highest BCUT2D eigenvalue weighted by Gasteiger charge is 2.13. The average Bonchev–Trinajstić information content (AvgIpc) is 3.06. The fourth-order valence-corrected chi connectivity index (χ4v) is 3.79. The van der Waals surface area contributed by atoms with Crippen LogP contribution >= 0.6 is 11.3 Å². The van der Waals surface area contributed by atoms with Gasteiger partial charge in [-0.25, -0.2) is 12.8 Å². The van der Waals surface area contributed by atoms with Gasteiger partial charge in [-0.2, -0.15) is 0 Å². The van der Waals surface area contributed by atoms with Gasteiger partial charge in [0, 0.05) is 21.8 Å². The fourth-order valence-electron chi connectivity index (χ4n) is 2.29. The zero-order valence-corrected chi connectivity index (χ0v) is 15.3. The van der Waals surface area contributed by atoms with E-state index >= 15 is 0 Å². The van der Waals surface area contributed by atoms with Gasteiger partial charge in [-0.1, -0.05) is 18.2 Å². The topological polar surface area (TPSA) is 75.3 Å². The maximum atomic E-state index is 13.8. The van der Waals surface area contributed by atoms with Crippen LogP contribution in [0.4, 0.5) is 15.8 Å². The summed E-state index contributed by atoms with van der Waals surface area (Å²) in [6.45, 7) is 0. The summed E-state index contributed by atoms with van der Waals surface area (Å²) in [4.78, 5) is 13.5. The van der Waals surface area contributed by atoms with Crippen LogP contribution in [0.2, 0.25) is 0 Å². The molecule has 0 spiro atoms. The predicted octanol–water partition coefficient (Wildman–Crippen LogP) is 4.18. The molecule has 1 heterocycles. The van der Waals surface area contributed by atoms with Crippen LogP contribution < -0.4 is 10.0 Å². The van der Waals surface area contributed by atoms with Gasteiger partial charge >= 0.3 is 0 Å². The van der Waals surface area contributed by atoms with Crippen LogP contribution in [0, 0.1) is 5.82 Å². The number of hydrogen-bond donors (Lipinski definition) is 2. The van der Waals surface area contributed by atoms with Crippen LogP contribution in [-0.4, -0.2) is 20.6 Å². The van der Waals surface area contributed by atoms with E-state index in [0.717, 1.165) is 6.26 Å². The van der Waals surface area contributed by atoms with Crippen molar-refractivity contribution >= 4 is 38.6 Å². The molecular weight excluding hydrogens is 375 g/mol. The van der Waals surface area contributed by atoms with Crippen molar-refractivity contribution in [2.24, 2.45) is 0 Å². The second kappa shape index (κ2) is 7.27. The van der Waals surface area contributed by atoms with E-state index in [2.05, 4.69) is 10.0 Å². The Kier molecular flexibility index (Phi) is 5.06. The van der Waals surface area contributed by atoms with Crippen molar-refractivity contribution in [3.05, 3.63) is 71.4 Å². The summed E-state index contributed by atoms with van der Waals surface area (Å²) in [6.07, 6.45) is 1.06.